The van der Waals surface area contributed by atoms with Gasteiger partial charge in [-0.2, -0.15) is 0 Å². The Balaban J connectivity index is 2.65. The van der Waals surface area contributed by atoms with Crippen LogP contribution in [0.2, 0.25) is 0 Å². The second-order valence-corrected chi connectivity index (χ2v) is 3.72. The van der Waals surface area contributed by atoms with Crippen LogP contribution in [0.5, 0.6) is 0 Å². The molecule has 7 nitrogen and oxygen atoms in total. The number of nitro benzene ring substituents is 1. The Bertz CT molecular complexity index is 680. The van der Waals surface area contributed by atoms with Crippen LogP contribution in [0.25, 0.3) is 11.3 Å². The monoisotopic (exact) mass is 266 g/mol. The highest BCUT2D eigenvalue weighted by Crippen LogP contribution is 2.29. The lowest BCUT2D eigenvalue weighted by Crippen LogP contribution is -2.00. The van der Waals surface area contributed by atoms with Gasteiger partial charge in [-0.25, -0.2) is 9.18 Å². The summed E-state index contributed by atoms with van der Waals surface area (Å²) in [5.74, 6) is -2.13. The number of nitro groups is 1. The van der Waals surface area contributed by atoms with Crippen molar-refractivity contribution in [2.24, 2.45) is 0 Å². The molecule has 1 aromatic carbocycles. The lowest BCUT2D eigenvalue weighted by atomic mass is 10.1. The van der Waals surface area contributed by atoms with Crippen molar-refractivity contribution >= 4 is 11.7 Å². The molecule has 0 atom stereocenters. The van der Waals surface area contributed by atoms with Gasteiger partial charge >= 0.3 is 5.97 Å². The summed E-state index contributed by atoms with van der Waals surface area (Å²) in [5, 5.41) is 23.2. The fourth-order valence-corrected chi connectivity index (χ4v) is 1.64. The highest BCUT2D eigenvalue weighted by molar-refractivity contribution is 5.95. The number of hydrogen-bond acceptors (Lipinski definition) is 5. The summed E-state index contributed by atoms with van der Waals surface area (Å²) in [5.41, 5.74) is -0.916. The second-order valence-electron chi connectivity index (χ2n) is 3.72. The van der Waals surface area contributed by atoms with Crippen molar-refractivity contribution in [3.05, 3.63) is 45.5 Å². The summed E-state index contributed by atoms with van der Waals surface area (Å²) < 4.78 is 18.0. The van der Waals surface area contributed by atoms with Gasteiger partial charge in [0, 0.05) is 11.6 Å². The van der Waals surface area contributed by atoms with Crippen LogP contribution in [0.1, 0.15) is 16.1 Å². The first-order valence-corrected chi connectivity index (χ1v) is 5.05. The molecule has 19 heavy (non-hydrogen) atoms. The fraction of sp³-hybridized carbons (Fsp3) is 0.0909. The van der Waals surface area contributed by atoms with E-state index in [4.69, 9.17) is 9.63 Å². The van der Waals surface area contributed by atoms with E-state index in [1.54, 1.807) is 0 Å². The quantitative estimate of drug-likeness (QED) is 0.675. The number of halogens is 1. The van der Waals surface area contributed by atoms with Crippen LogP contribution in [0.15, 0.2) is 22.7 Å². The smallest absolute Gasteiger partial charge is 0.341 e. The zero-order valence-corrected chi connectivity index (χ0v) is 9.58. The number of non-ortho nitro benzene ring substituents is 1. The SMILES string of the molecule is Cc1onc(-c2cc(F)cc([N+](=O)[O-])c2)c1C(=O)O. The minimum atomic E-state index is -1.30. The van der Waals surface area contributed by atoms with Gasteiger partial charge < -0.3 is 9.63 Å². The van der Waals surface area contributed by atoms with Crippen LogP contribution in [-0.4, -0.2) is 21.2 Å². The number of carbonyl (C=O) groups is 1. The van der Waals surface area contributed by atoms with Crippen LogP contribution < -0.4 is 0 Å². The molecule has 1 N–H and O–H groups in total. The Hall–Kier alpha value is -2.77. The molecule has 0 aliphatic heterocycles. The first-order chi connectivity index (χ1) is 8.90. The molecule has 0 aliphatic carbocycles. The number of benzene rings is 1. The summed E-state index contributed by atoms with van der Waals surface area (Å²) in [6, 6.07) is 2.72. The lowest BCUT2D eigenvalue weighted by molar-refractivity contribution is -0.385. The van der Waals surface area contributed by atoms with Gasteiger partial charge in [0.1, 0.15) is 22.8 Å². The number of aromatic carboxylic acids is 1. The molecule has 0 saturated heterocycles. The normalized spacial score (nSPS) is 10.4. The van der Waals surface area contributed by atoms with E-state index in [9.17, 15) is 19.3 Å². The maximum absolute atomic E-state index is 13.3. The summed E-state index contributed by atoms with van der Waals surface area (Å²) >= 11 is 0. The van der Waals surface area contributed by atoms with Crippen LogP contribution >= 0.6 is 0 Å². The zero-order chi connectivity index (χ0) is 14.2. The molecule has 8 heteroatoms. The topological polar surface area (TPSA) is 106 Å². The standard InChI is InChI=1S/C11H7FN2O5/c1-5-9(11(15)16)10(13-19-5)6-2-7(12)4-8(3-6)14(17)18/h2-4H,1H3,(H,15,16). The molecule has 0 saturated carbocycles. The number of rotatable bonds is 3. The Morgan fingerprint density at radius 3 is 2.74 bits per heavy atom. The Morgan fingerprint density at radius 2 is 2.16 bits per heavy atom. The molecule has 0 radical (unpaired) electrons. The molecule has 2 rings (SSSR count). The largest absolute Gasteiger partial charge is 0.477 e. The van der Waals surface area contributed by atoms with Crippen molar-refractivity contribution in [2.45, 2.75) is 6.92 Å². The Labute approximate surface area is 105 Å². The van der Waals surface area contributed by atoms with E-state index in [1.807, 2.05) is 0 Å². The lowest BCUT2D eigenvalue weighted by Gasteiger charge is -1.99. The minimum absolute atomic E-state index is 0.0269. The number of carboxylic acids is 1. The molecule has 2 aromatic rings. The Morgan fingerprint density at radius 1 is 1.47 bits per heavy atom. The molecule has 1 heterocycles. The van der Waals surface area contributed by atoms with Gasteiger partial charge in [-0.15, -0.1) is 0 Å². The maximum Gasteiger partial charge on any atom is 0.341 e. The highest BCUT2D eigenvalue weighted by Gasteiger charge is 2.23. The summed E-state index contributed by atoms with van der Waals surface area (Å²) in [6.45, 7) is 1.38. The molecule has 0 amide bonds. The average molecular weight is 266 g/mol. The third kappa shape index (κ3) is 2.28. The van der Waals surface area contributed by atoms with Crippen molar-refractivity contribution in [1.29, 1.82) is 0 Å². The zero-order valence-electron chi connectivity index (χ0n) is 9.58. The van der Waals surface area contributed by atoms with E-state index in [1.165, 1.54) is 6.92 Å². The number of nitrogens with zero attached hydrogens (tertiary/aromatic N) is 2. The minimum Gasteiger partial charge on any atom is -0.477 e. The van der Waals surface area contributed by atoms with Gasteiger partial charge in [0.15, 0.2) is 0 Å². The van der Waals surface area contributed by atoms with Gasteiger partial charge in [-0.1, -0.05) is 5.16 Å². The molecule has 0 spiro atoms. The fourth-order valence-electron chi connectivity index (χ4n) is 1.64. The molecular weight excluding hydrogens is 259 g/mol. The third-order valence-electron chi connectivity index (χ3n) is 2.44. The summed E-state index contributed by atoms with van der Waals surface area (Å²) in [7, 11) is 0. The van der Waals surface area contributed by atoms with Crippen LogP contribution in [0.3, 0.4) is 0 Å². The molecular formula is C11H7FN2O5. The molecule has 0 unspecified atom stereocenters. The van der Waals surface area contributed by atoms with E-state index in [-0.39, 0.29) is 22.6 Å². The van der Waals surface area contributed by atoms with Gasteiger partial charge in [-0.05, 0) is 13.0 Å². The van der Waals surface area contributed by atoms with Gasteiger partial charge in [0.2, 0.25) is 0 Å². The molecule has 0 aliphatic rings. The van der Waals surface area contributed by atoms with Gasteiger partial charge in [-0.3, -0.25) is 10.1 Å². The van der Waals surface area contributed by atoms with Crippen molar-refractivity contribution in [3.8, 4) is 11.3 Å². The van der Waals surface area contributed by atoms with Crippen molar-refractivity contribution in [1.82, 2.24) is 5.16 Å². The van der Waals surface area contributed by atoms with Crippen LogP contribution in [0, 0.1) is 22.9 Å². The van der Waals surface area contributed by atoms with Crippen molar-refractivity contribution in [2.75, 3.05) is 0 Å². The Kier molecular flexibility index (Phi) is 2.99. The molecule has 1 aromatic heterocycles. The van der Waals surface area contributed by atoms with Crippen molar-refractivity contribution in [3.63, 3.8) is 0 Å². The van der Waals surface area contributed by atoms with Crippen molar-refractivity contribution < 1.29 is 23.7 Å². The summed E-state index contributed by atoms with van der Waals surface area (Å²) in [4.78, 5) is 20.9. The van der Waals surface area contributed by atoms with Gasteiger partial charge in [0.25, 0.3) is 5.69 Å². The number of aryl methyl sites for hydroxylation is 1. The predicted molar refractivity (Wildman–Crippen MR) is 60.2 cm³/mol. The summed E-state index contributed by atoms with van der Waals surface area (Å²) in [6.07, 6.45) is 0. The first-order valence-electron chi connectivity index (χ1n) is 5.05. The van der Waals surface area contributed by atoms with Gasteiger partial charge in [0.05, 0.1) is 11.0 Å². The van der Waals surface area contributed by atoms with E-state index >= 15 is 0 Å². The number of aromatic nitrogens is 1. The molecule has 0 fully saturated rings. The van der Waals surface area contributed by atoms with E-state index in [0.29, 0.717) is 0 Å². The third-order valence-corrected chi connectivity index (χ3v) is 2.44. The number of carboxylic acid groups (broad SMARTS) is 1. The van der Waals surface area contributed by atoms with E-state index in [2.05, 4.69) is 5.16 Å². The predicted octanol–water partition coefficient (Wildman–Crippen LogP) is 2.40. The first kappa shape index (κ1) is 12.7. The van der Waals surface area contributed by atoms with Crippen LogP contribution in [-0.2, 0) is 0 Å². The molecule has 98 valence electrons. The van der Waals surface area contributed by atoms with Crippen LogP contribution in [0.4, 0.5) is 10.1 Å². The second kappa shape index (κ2) is 4.48. The average Bonchev–Trinajstić information content (AvgIpc) is 2.70. The van der Waals surface area contributed by atoms with E-state index < -0.39 is 22.4 Å². The molecule has 0 bridgehead atoms. The highest BCUT2D eigenvalue weighted by atomic mass is 19.1. The maximum atomic E-state index is 13.3. The van der Waals surface area contributed by atoms with E-state index in [0.717, 1.165) is 18.2 Å². The number of hydrogen-bond donors (Lipinski definition) is 1.